The minimum absolute atomic E-state index is 0.312. The summed E-state index contributed by atoms with van der Waals surface area (Å²) in [5, 5.41) is 0. The highest BCUT2D eigenvalue weighted by atomic mass is 16.6. The first-order chi connectivity index (χ1) is 9.31. The van der Waals surface area contributed by atoms with Gasteiger partial charge in [-0.15, -0.1) is 0 Å². The fourth-order valence-corrected chi connectivity index (χ4v) is 1.37. The van der Waals surface area contributed by atoms with Crippen molar-refractivity contribution in [1.82, 2.24) is 5.43 Å². The summed E-state index contributed by atoms with van der Waals surface area (Å²) >= 11 is 0. The third-order valence-corrected chi connectivity index (χ3v) is 2.08. The summed E-state index contributed by atoms with van der Waals surface area (Å²) in [4.78, 5) is 23.0. The van der Waals surface area contributed by atoms with Crippen molar-refractivity contribution in [1.29, 1.82) is 0 Å². The van der Waals surface area contributed by atoms with E-state index in [0.29, 0.717) is 17.9 Å². The van der Waals surface area contributed by atoms with Crippen LogP contribution in [0.5, 0.6) is 0 Å². The molecule has 0 aliphatic rings. The summed E-state index contributed by atoms with van der Waals surface area (Å²) in [7, 11) is 0. The van der Waals surface area contributed by atoms with Gasteiger partial charge in [0, 0.05) is 0 Å². The molecule has 1 rings (SSSR count). The summed E-state index contributed by atoms with van der Waals surface area (Å²) in [6.07, 6.45) is -0.598. The summed E-state index contributed by atoms with van der Waals surface area (Å²) in [5.41, 5.74) is 5.45. The number of ether oxygens (including phenoxy) is 2. The van der Waals surface area contributed by atoms with Crippen molar-refractivity contribution in [3.8, 4) is 0 Å². The first kappa shape index (κ1) is 15.8. The molecule has 0 saturated carbocycles. The van der Waals surface area contributed by atoms with Crippen LogP contribution < -0.4 is 10.9 Å². The molecule has 6 nitrogen and oxygen atoms in total. The molecule has 0 aliphatic carbocycles. The topological polar surface area (TPSA) is 76.7 Å². The van der Waals surface area contributed by atoms with Crippen LogP contribution in [-0.2, 0) is 9.47 Å². The van der Waals surface area contributed by atoms with Crippen molar-refractivity contribution in [2.24, 2.45) is 0 Å². The number of benzene rings is 1. The lowest BCUT2D eigenvalue weighted by atomic mass is 10.2. The third-order valence-electron chi connectivity index (χ3n) is 2.08. The molecule has 1 amide bonds. The van der Waals surface area contributed by atoms with E-state index in [1.807, 2.05) is 0 Å². The first-order valence-electron chi connectivity index (χ1n) is 6.34. The minimum atomic E-state index is -0.598. The Morgan fingerprint density at radius 3 is 2.55 bits per heavy atom. The summed E-state index contributed by atoms with van der Waals surface area (Å²) in [5.74, 6) is -0.409. The Morgan fingerprint density at radius 1 is 1.25 bits per heavy atom. The van der Waals surface area contributed by atoms with Gasteiger partial charge >= 0.3 is 12.1 Å². The molecule has 0 atom stereocenters. The number of hydrogen-bond donors (Lipinski definition) is 2. The van der Waals surface area contributed by atoms with E-state index in [2.05, 4.69) is 10.9 Å². The monoisotopic (exact) mass is 280 g/mol. The molecule has 0 aliphatic heterocycles. The van der Waals surface area contributed by atoms with Gasteiger partial charge in [-0.2, -0.15) is 0 Å². The molecular formula is C14H20N2O4. The summed E-state index contributed by atoms with van der Waals surface area (Å²) in [6, 6.07) is 6.61. The van der Waals surface area contributed by atoms with Gasteiger partial charge in [-0.25, -0.2) is 15.0 Å². The second kappa shape index (κ2) is 6.79. The molecule has 0 heterocycles. The molecule has 0 saturated heterocycles. The molecule has 20 heavy (non-hydrogen) atoms. The van der Waals surface area contributed by atoms with Crippen LogP contribution in [0, 0.1) is 0 Å². The smallest absolute Gasteiger partial charge is 0.426 e. The molecule has 6 heteroatoms. The normalized spacial score (nSPS) is 10.6. The molecule has 0 unspecified atom stereocenters. The van der Waals surface area contributed by atoms with Crippen molar-refractivity contribution in [3.63, 3.8) is 0 Å². The Labute approximate surface area is 118 Å². The van der Waals surface area contributed by atoms with Crippen molar-refractivity contribution in [2.75, 3.05) is 12.0 Å². The van der Waals surface area contributed by atoms with E-state index in [0.717, 1.165) is 0 Å². The van der Waals surface area contributed by atoms with E-state index >= 15 is 0 Å². The first-order valence-corrected chi connectivity index (χ1v) is 6.34. The Morgan fingerprint density at radius 2 is 1.95 bits per heavy atom. The fourth-order valence-electron chi connectivity index (χ4n) is 1.37. The minimum Gasteiger partial charge on any atom is -0.462 e. The van der Waals surface area contributed by atoms with Crippen LogP contribution in [0.4, 0.5) is 10.5 Å². The van der Waals surface area contributed by atoms with Crippen LogP contribution in [0.1, 0.15) is 38.1 Å². The standard InChI is InChI=1S/C14H20N2O4/c1-5-19-12(17)10-7-6-8-11(9-10)15-16-13(18)20-14(2,3)4/h6-9,15H,5H2,1-4H3,(H,16,18). The zero-order chi connectivity index (χ0) is 15.2. The van der Waals surface area contributed by atoms with Crippen molar-refractivity contribution >= 4 is 17.7 Å². The maximum Gasteiger partial charge on any atom is 0.426 e. The second-order valence-electron chi connectivity index (χ2n) is 5.05. The number of nitrogens with one attached hydrogen (secondary N) is 2. The van der Waals surface area contributed by atoms with E-state index in [4.69, 9.17) is 9.47 Å². The third kappa shape index (κ3) is 5.60. The largest absolute Gasteiger partial charge is 0.462 e. The van der Waals surface area contributed by atoms with Crippen molar-refractivity contribution in [2.45, 2.75) is 33.3 Å². The number of hydrazine groups is 1. The van der Waals surface area contributed by atoms with Crippen LogP contribution >= 0.6 is 0 Å². The SMILES string of the molecule is CCOC(=O)c1cccc(NNC(=O)OC(C)(C)C)c1. The zero-order valence-corrected chi connectivity index (χ0v) is 12.1. The maximum absolute atomic E-state index is 11.6. The number of amides is 1. The van der Waals surface area contributed by atoms with Gasteiger partial charge in [0.25, 0.3) is 0 Å². The Balaban J connectivity index is 2.59. The maximum atomic E-state index is 11.6. The molecule has 0 aromatic heterocycles. The Bertz CT molecular complexity index is 480. The molecule has 1 aromatic carbocycles. The number of carbonyl (C=O) groups excluding carboxylic acids is 2. The fraction of sp³-hybridized carbons (Fsp3) is 0.429. The molecule has 2 N–H and O–H groups in total. The van der Waals surface area contributed by atoms with E-state index in [1.54, 1.807) is 52.0 Å². The van der Waals surface area contributed by atoms with Gasteiger partial charge in [-0.05, 0) is 45.9 Å². The highest BCUT2D eigenvalue weighted by Crippen LogP contribution is 2.11. The quantitative estimate of drug-likeness (QED) is 0.655. The van der Waals surface area contributed by atoms with Crippen LogP contribution in [0.15, 0.2) is 24.3 Å². The number of rotatable bonds is 4. The highest BCUT2D eigenvalue weighted by Gasteiger charge is 2.15. The van der Waals surface area contributed by atoms with E-state index in [1.165, 1.54) is 0 Å². The zero-order valence-electron chi connectivity index (χ0n) is 12.1. The van der Waals surface area contributed by atoms with Gasteiger partial charge in [-0.1, -0.05) is 6.07 Å². The van der Waals surface area contributed by atoms with Gasteiger partial charge in [0.2, 0.25) is 0 Å². The van der Waals surface area contributed by atoms with Gasteiger partial charge < -0.3 is 9.47 Å². The van der Waals surface area contributed by atoms with E-state index in [9.17, 15) is 9.59 Å². The van der Waals surface area contributed by atoms with Crippen LogP contribution in [0.25, 0.3) is 0 Å². The second-order valence-corrected chi connectivity index (χ2v) is 5.05. The molecule has 110 valence electrons. The van der Waals surface area contributed by atoms with Crippen molar-refractivity contribution < 1.29 is 19.1 Å². The van der Waals surface area contributed by atoms with Gasteiger partial charge in [0.15, 0.2) is 0 Å². The predicted molar refractivity (Wildman–Crippen MR) is 75.4 cm³/mol. The number of hydrogen-bond acceptors (Lipinski definition) is 5. The van der Waals surface area contributed by atoms with Gasteiger partial charge in [0.1, 0.15) is 5.60 Å². The number of esters is 1. The Kier molecular flexibility index (Phi) is 5.37. The number of carbonyl (C=O) groups is 2. The van der Waals surface area contributed by atoms with Gasteiger partial charge in [-0.3, -0.25) is 5.43 Å². The van der Waals surface area contributed by atoms with Gasteiger partial charge in [0.05, 0.1) is 17.9 Å². The van der Waals surface area contributed by atoms with E-state index in [-0.39, 0.29) is 0 Å². The lowest BCUT2D eigenvalue weighted by molar-refractivity contribution is 0.0522. The van der Waals surface area contributed by atoms with E-state index < -0.39 is 17.7 Å². The Hall–Kier alpha value is -2.24. The molecule has 0 spiro atoms. The summed E-state index contributed by atoms with van der Waals surface area (Å²) in [6.45, 7) is 7.37. The van der Waals surface area contributed by atoms with Crippen LogP contribution in [0.3, 0.4) is 0 Å². The summed E-state index contributed by atoms with van der Waals surface area (Å²) < 4.78 is 9.97. The molecule has 0 fully saturated rings. The predicted octanol–water partition coefficient (Wildman–Crippen LogP) is 2.71. The average molecular weight is 280 g/mol. The molecule has 0 radical (unpaired) electrons. The molecule has 0 bridgehead atoms. The molecular weight excluding hydrogens is 260 g/mol. The lowest BCUT2D eigenvalue weighted by Crippen LogP contribution is -2.35. The number of anilines is 1. The highest BCUT2D eigenvalue weighted by molar-refractivity contribution is 5.90. The average Bonchev–Trinajstić information content (AvgIpc) is 2.35. The van der Waals surface area contributed by atoms with Crippen LogP contribution in [0.2, 0.25) is 0 Å². The van der Waals surface area contributed by atoms with Crippen LogP contribution in [-0.4, -0.2) is 24.3 Å². The van der Waals surface area contributed by atoms with Crippen molar-refractivity contribution in [3.05, 3.63) is 29.8 Å². The molecule has 1 aromatic rings. The lowest BCUT2D eigenvalue weighted by Gasteiger charge is -2.20.